The molecule has 0 spiro atoms. The number of anilines is 1. The van der Waals surface area contributed by atoms with Crippen LogP contribution in [0.2, 0.25) is 0 Å². The maximum atomic E-state index is 13.1. The number of rotatable bonds is 12. The molecule has 0 unspecified atom stereocenters. The molecule has 0 radical (unpaired) electrons. The number of nitrogens with zero attached hydrogens (tertiary/aromatic N) is 3. The number of aliphatic hydroxyl groups is 1. The molecule has 0 fully saturated rings. The molecule has 0 aliphatic carbocycles. The van der Waals surface area contributed by atoms with Crippen molar-refractivity contribution in [3.63, 3.8) is 0 Å². The summed E-state index contributed by atoms with van der Waals surface area (Å²) in [5.74, 6) is -1.18. The number of carbonyl (C=O) groups is 3. The average molecular weight is 545 g/mol. The number of nitrogens with one attached hydrogen (secondary N) is 3. The zero-order chi connectivity index (χ0) is 28.5. The lowest BCUT2D eigenvalue weighted by molar-refractivity contribution is -0.153. The van der Waals surface area contributed by atoms with Crippen molar-refractivity contribution in [2.24, 2.45) is 0 Å². The first kappa shape index (κ1) is 28.2. The van der Waals surface area contributed by atoms with Crippen molar-refractivity contribution < 1.29 is 24.2 Å². The Morgan fingerprint density at radius 2 is 1.77 bits per heavy atom. The van der Waals surface area contributed by atoms with Crippen molar-refractivity contribution in [1.82, 2.24) is 25.5 Å². The van der Waals surface area contributed by atoms with E-state index in [9.17, 15) is 19.5 Å². The Labute approximate surface area is 231 Å². The van der Waals surface area contributed by atoms with E-state index >= 15 is 0 Å². The fourth-order valence-corrected chi connectivity index (χ4v) is 4.32. The van der Waals surface area contributed by atoms with E-state index in [1.54, 1.807) is 6.92 Å². The lowest BCUT2D eigenvalue weighted by Gasteiger charge is -2.21. The number of ether oxygens (including phenoxy) is 1. The second kappa shape index (κ2) is 13.3. The van der Waals surface area contributed by atoms with Gasteiger partial charge in [-0.25, -0.2) is 9.78 Å². The summed E-state index contributed by atoms with van der Waals surface area (Å²) in [5.41, 5.74) is 3.15. The van der Waals surface area contributed by atoms with Crippen LogP contribution in [0.1, 0.15) is 46.8 Å². The van der Waals surface area contributed by atoms with E-state index in [0.29, 0.717) is 18.8 Å². The Morgan fingerprint density at radius 1 is 1.05 bits per heavy atom. The van der Waals surface area contributed by atoms with Gasteiger partial charge in [0, 0.05) is 25.1 Å². The zero-order valence-corrected chi connectivity index (χ0v) is 22.3. The first-order valence-electron chi connectivity index (χ1n) is 13.0. The fourth-order valence-electron chi connectivity index (χ4n) is 4.32. The maximum Gasteiger partial charge on any atom is 0.335 e. The van der Waals surface area contributed by atoms with E-state index in [-0.39, 0.29) is 30.3 Å². The van der Waals surface area contributed by atoms with Gasteiger partial charge in [0.15, 0.2) is 11.8 Å². The standard InChI is InChI=1S/C29H32N6O5/c1-3-35(26-17-30-18-31-26)28(38)24-16-23(33-34-24)27(37)32-22(15-25(36)29(39)40-4-2)14-19-10-12-21(13-11-19)20-8-6-5-7-9-20/h5-13,16-18,22,25,36H,3-4,14-15H2,1-2H3,(H,30,31)(H,32,37)(H,33,34)/t22-,25-/m1/s1. The number of aromatic nitrogens is 4. The van der Waals surface area contributed by atoms with E-state index in [1.807, 2.05) is 61.5 Å². The first-order chi connectivity index (χ1) is 19.4. The molecule has 4 rings (SSSR count). The Hall–Kier alpha value is -4.77. The summed E-state index contributed by atoms with van der Waals surface area (Å²) in [6.45, 7) is 3.97. The monoisotopic (exact) mass is 544 g/mol. The molecule has 2 atom stereocenters. The summed E-state index contributed by atoms with van der Waals surface area (Å²) in [7, 11) is 0. The van der Waals surface area contributed by atoms with E-state index in [2.05, 4.69) is 25.5 Å². The van der Waals surface area contributed by atoms with Crippen LogP contribution in [0.15, 0.2) is 73.2 Å². The number of esters is 1. The molecular weight excluding hydrogens is 512 g/mol. The highest BCUT2D eigenvalue weighted by atomic mass is 16.5. The van der Waals surface area contributed by atoms with Crippen LogP contribution in [-0.4, -0.2) is 68.4 Å². The molecule has 11 heteroatoms. The fraction of sp³-hybridized carbons (Fsp3) is 0.276. The summed E-state index contributed by atoms with van der Waals surface area (Å²) in [5, 5.41) is 19.9. The Kier molecular flexibility index (Phi) is 9.42. The SMILES string of the molecule is CCOC(=O)[C@H](O)C[C@@H](Cc1ccc(-c2ccccc2)cc1)NC(=O)c1cc(C(=O)N(CC)c2cnc[nH]2)[nH]n1. The molecule has 2 aromatic heterocycles. The minimum atomic E-state index is -1.42. The van der Waals surface area contributed by atoms with Crippen LogP contribution in [0.25, 0.3) is 11.1 Å². The highest BCUT2D eigenvalue weighted by molar-refractivity contribution is 6.05. The van der Waals surface area contributed by atoms with Crippen LogP contribution in [0.5, 0.6) is 0 Å². The second-order valence-corrected chi connectivity index (χ2v) is 9.09. The number of imidazole rings is 1. The Bertz CT molecular complexity index is 1400. The van der Waals surface area contributed by atoms with Crippen molar-refractivity contribution in [2.45, 2.75) is 38.8 Å². The number of carbonyl (C=O) groups excluding carboxylic acids is 3. The third-order valence-electron chi connectivity index (χ3n) is 6.32. The van der Waals surface area contributed by atoms with Crippen LogP contribution >= 0.6 is 0 Å². The quantitative estimate of drug-likeness (QED) is 0.200. The van der Waals surface area contributed by atoms with Gasteiger partial charge in [0.1, 0.15) is 11.5 Å². The van der Waals surface area contributed by atoms with Gasteiger partial charge in [0.05, 0.1) is 19.1 Å². The number of hydrogen-bond acceptors (Lipinski definition) is 7. The topological polar surface area (TPSA) is 153 Å². The molecule has 208 valence electrons. The smallest absolute Gasteiger partial charge is 0.335 e. The number of amides is 2. The third-order valence-corrected chi connectivity index (χ3v) is 6.32. The molecule has 2 amide bonds. The van der Waals surface area contributed by atoms with E-state index in [4.69, 9.17) is 4.74 Å². The van der Waals surface area contributed by atoms with Gasteiger partial charge in [-0.15, -0.1) is 0 Å². The van der Waals surface area contributed by atoms with Gasteiger partial charge in [-0.3, -0.25) is 19.6 Å². The van der Waals surface area contributed by atoms with Crippen molar-refractivity contribution in [2.75, 3.05) is 18.1 Å². The predicted molar refractivity (Wildman–Crippen MR) is 149 cm³/mol. The van der Waals surface area contributed by atoms with Crippen LogP contribution in [-0.2, 0) is 16.0 Å². The van der Waals surface area contributed by atoms with E-state index in [0.717, 1.165) is 16.7 Å². The normalized spacial score (nSPS) is 12.4. The molecule has 0 saturated heterocycles. The first-order valence-corrected chi connectivity index (χ1v) is 13.0. The predicted octanol–water partition coefficient (Wildman–Crippen LogP) is 3.12. The molecule has 40 heavy (non-hydrogen) atoms. The Balaban J connectivity index is 1.48. The lowest BCUT2D eigenvalue weighted by Crippen LogP contribution is -2.41. The molecule has 0 bridgehead atoms. The van der Waals surface area contributed by atoms with Crippen molar-refractivity contribution in [3.05, 3.63) is 90.1 Å². The molecule has 4 N–H and O–H groups in total. The van der Waals surface area contributed by atoms with E-state index in [1.165, 1.54) is 23.5 Å². The number of H-pyrrole nitrogens is 2. The number of hydrogen-bond donors (Lipinski definition) is 4. The maximum absolute atomic E-state index is 13.1. The summed E-state index contributed by atoms with van der Waals surface area (Å²) in [4.78, 5) is 46.5. The highest BCUT2D eigenvalue weighted by Gasteiger charge is 2.26. The molecule has 11 nitrogen and oxygen atoms in total. The molecule has 0 aliphatic rings. The largest absolute Gasteiger partial charge is 0.464 e. The summed E-state index contributed by atoms with van der Waals surface area (Å²) in [6, 6.07) is 18.5. The molecular formula is C29H32N6O5. The van der Waals surface area contributed by atoms with Crippen LogP contribution in [0.4, 0.5) is 5.82 Å². The summed E-state index contributed by atoms with van der Waals surface area (Å²) < 4.78 is 4.93. The number of aliphatic hydroxyl groups excluding tert-OH is 1. The van der Waals surface area contributed by atoms with Gasteiger partial charge in [-0.05, 0) is 37.0 Å². The van der Waals surface area contributed by atoms with Gasteiger partial charge in [0.25, 0.3) is 11.8 Å². The second-order valence-electron chi connectivity index (χ2n) is 9.09. The van der Waals surface area contributed by atoms with Gasteiger partial charge in [0.2, 0.25) is 0 Å². The summed E-state index contributed by atoms with van der Waals surface area (Å²) >= 11 is 0. The minimum absolute atomic E-state index is 0.000867. The van der Waals surface area contributed by atoms with Crippen LogP contribution in [0.3, 0.4) is 0 Å². The van der Waals surface area contributed by atoms with Crippen LogP contribution in [0, 0.1) is 0 Å². The molecule has 2 heterocycles. The van der Waals surface area contributed by atoms with Crippen LogP contribution < -0.4 is 10.2 Å². The minimum Gasteiger partial charge on any atom is -0.464 e. The number of benzene rings is 2. The Morgan fingerprint density at radius 3 is 2.42 bits per heavy atom. The number of aromatic amines is 2. The van der Waals surface area contributed by atoms with Gasteiger partial charge in [-0.2, -0.15) is 5.10 Å². The van der Waals surface area contributed by atoms with Crippen molar-refractivity contribution >= 4 is 23.6 Å². The zero-order valence-electron chi connectivity index (χ0n) is 22.3. The van der Waals surface area contributed by atoms with Gasteiger partial charge < -0.3 is 20.1 Å². The highest BCUT2D eigenvalue weighted by Crippen LogP contribution is 2.20. The molecule has 0 saturated carbocycles. The lowest BCUT2D eigenvalue weighted by atomic mass is 9.97. The van der Waals surface area contributed by atoms with Gasteiger partial charge in [-0.1, -0.05) is 54.6 Å². The average Bonchev–Trinajstić information content (AvgIpc) is 3.68. The molecule has 4 aromatic rings. The van der Waals surface area contributed by atoms with Gasteiger partial charge >= 0.3 is 5.97 Å². The van der Waals surface area contributed by atoms with Crippen molar-refractivity contribution in [3.8, 4) is 11.1 Å². The molecule has 2 aromatic carbocycles. The van der Waals surface area contributed by atoms with Crippen molar-refractivity contribution in [1.29, 1.82) is 0 Å². The molecule has 0 aliphatic heterocycles. The summed E-state index contributed by atoms with van der Waals surface area (Å²) in [6.07, 6.45) is 1.85. The third kappa shape index (κ3) is 7.00. The van der Waals surface area contributed by atoms with E-state index < -0.39 is 24.0 Å².